The topological polar surface area (TPSA) is 32.8 Å². The molecule has 2 aromatic carbocycles. The lowest BCUT2D eigenvalue weighted by molar-refractivity contribution is -0.130. The summed E-state index contributed by atoms with van der Waals surface area (Å²) in [6.07, 6.45) is 0. The van der Waals surface area contributed by atoms with Crippen LogP contribution in [0.2, 0.25) is 0 Å². The molecule has 0 radical (unpaired) electrons. The quantitative estimate of drug-likeness (QED) is 0.473. The Morgan fingerprint density at radius 1 is 1.12 bits per heavy atom. The van der Waals surface area contributed by atoms with Crippen molar-refractivity contribution in [3.05, 3.63) is 87.9 Å². The van der Waals surface area contributed by atoms with E-state index < -0.39 is 0 Å². The second kappa shape index (κ2) is 10.3. The number of thiophene rings is 1. The monoisotopic (exact) mass is 452 g/mol. The summed E-state index contributed by atoms with van der Waals surface area (Å²) in [4.78, 5) is 18.2. The van der Waals surface area contributed by atoms with Crippen molar-refractivity contribution in [3.8, 4) is 5.75 Å². The highest BCUT2D eigenvalue weighted by Crippen LogP contribution is 2.35. The summed E-state index contributed by atoms with van der Waals surface area (Å²) in [5.74, 6) is 1.27. The largest absolute Gasteiger partial charge is 0.497 e. The van der Waals surface area contributed by atoms with Crippen LogP contribution < -0.4 is 4.74 Å². The van der Waals surface area contributed by atoms with Gasteiger partial charge in [0, 0.05) is 50.4 Å². The van der Waals surface area contributed by atoms with Crippen LogP contribution in [0.4, 0.5) is 4.39 Å². The molecular formula is C26H29FN2O2S. The second-order valence-corrected chi connectivity index (χ2v) is 9.47. The van der Waals surface area contributed by atoms with Gasteiger partial charge < -0.3 is 9.64 Å². The number of carbonyl (C=O) groups excluding carboxylic acids is 1. The van der Waals surface area contributed by atoms with Gasteiger partial charge in [-0.25, -0.2) is 4.39 Å². The van der Waals surface area contributed by atoms with Gasteiger partial charge in [0.1, 0.15) is 11.6 Å². The van der Waals surface area contributed by atoms with E-state index in [-0.39, 0.29) is 11.7 Å². The minimum Gasteiger partial charge on any atom is -0.497 e. The fourth-order valence-corrected chi connectivity index (χ4v) is 5.27. The number of halogens is 1. The molecule has 0 N–H and O–H groups in total. The molecule has 4 rings (SSSR count). The van der Waals surface area contributed by atoms with Crippen LogP contribution in [0.1, 0.15) is 28.8 Å². The van der Waals surface area contributed by atoms with E-state index in [2.05, 4.69) is 34.5 Å². The predicted molar refractivity (Wildman–Crippen MR) is 126 cm³/mol. The molecule has 1 aliphatic heterocycles. The van der Waals surface area contributed by atoms with Crippen molar-refractivity contribution in [2.24, 2.45) is 5.92 Å². The summed E-state index contributed by atoms with van der Waals surface area (Å²) >= 11 is 1.78. The van der Waals surface area contributed by atoms with Crippen molar-refractivity contribution in [2.75, 3.05) is 26.7 Å². The number of carbonyl (C=O) groups is 1. The Balaban J connectivity index is 1.53. The molecule has 1 aromatic heterocycles. The zero-order chi connectivity index (χ0) is 22.5. The van der Waals surface area contributed by atoms with Crippen LogP contribution in [-0.4, -0.2) is 42.5 Å². The van der Waals surface area contributed by atoms with Gasteiger partial charge in [0.2, 0.25) is 5.91 Å². The van der Waals surface area contributed by atoms with Crippen molar-refractivity contribution in [3.63, 3.8) is 0 Å². The van der Waals surface area contributed by atoms with Crippen LogP contribution in [0.5, 0.6) is 5.75 Å². The first-order valence-electron chi connectivity index (χ1n) is 10.9. The molecule has 4 nitrogen and oxygen atoms in total. The third-order valence-corrected chi connectivity index (χ3v) is 7.07. The molecule has 0 unspecified atom stereocenters. The molecule has 32 heavy (non-hydrogen) atoms. The van der Waals surface area contributed by atoms with Crippen molar-refractivity contribution in [1.29, 1.82) is 0 Å². The van der Waals surface area contributed by atoms with Gasteiger partial charge in [0.15, 0.2) is 0 Å². The molecule has 1 amide bonds. The number of amides is 1. The average Bonchev–Trinajstić information content (AvgIpc) is 3.45. The molecule has 1 fully saturated rings. The molecule has 0 spiro atoms. The standard InChI is InChI=1S/C26H29FN2O2S/c1-19(30)29(14-20-5-9-23(27)10-6-20)16-22-15-28(17-25-4-3-13-32-25)18-26(22)21-7-11-24(31-2)12-8-21/h3-13,22,26H,14-18H2,1-2H3/t22-,26+/m1/s1. The SMILES string of the molecule is COc1ccc([C@@H]2CN(Cc3cccs3)C[C@@H]2CN(Cc2ccc(F)cc2)C(C)=O)cc1. The number of nitrogens with zero attached hydrogens (tertiary/aromatic N) is 2. The fraction of sp³-hybridized carbons (Fsp3) is 0.346. The van der Waals surface area contributed by atoms with Gasteiger partial charge in [0.25, 0.3) is 0 Å². The van der Waals surface area contributed by atoms with Gasteiger partial charge in [-0.15, -0.1) is 11.3 Å². The van der Waals surface area contributed by atoms with E-state index >= 15 is 0 Å². The van der Waals surface area contributed by atoms with Gasteiger partial charge in [-0.2, -0.15) is 0 Å². The van der Waals surface area contributed by atoms with Gasteiger partial charge in [0.05, 0.1) is 7.11 Å². The van der Waals surface area contributed by atoms with Crippen LogP contribution in [-0.2, 0) is 17.9 Å². The number of hydrogen-bond acceptors (Lipinski definition) is 4. The maximum Gasteiger partial charge on any atom is 0.219 e. The molecule has 2 heterocycles. The maximum atomic E-state index is 13.3. The van der Waals surface area contributed by atoms with E-state index in [4.69, 9.17) is 4.74 Å². The smallest absolute Gasteiger partial charge is 0.219 e. The van der Waals surface area contributed by atoms with E-state index in [1.807, 2.05) is 17.0 Å². The molecule has 1 saturated heterocycles. The first-order valence-corrected chi connectivity index (χ1v) is 11.8. The van der Waals surface area contributed by atoms with E-state index in [0.29, 0.717) is 24.9 Å². The minimum absolute atomic E-state index is 0.0412. The van der Waals surface area contributed by atoms with Crippen molar-refractivity contribution < 1.29 is 13.9 Å². The molecular weight excluding hydrogens is 423 g/mol. The summed E-state index contributed by atoms with van der Waals surface area (Å²) in [7, 11) is 1.68. The Labute approximate surface area is 193 Å². The lowest BCUT2D eigenvalue weighted by atomic mass is 9.88. The first-order chi connectivity index (χ1) is 15.5. The molecule has 0 bridgehead atoms. The zero-order valence-electron chi connectivity index (χ0n) is 18.5. The highest BCUT2D eigenvalue weighted by Gasteiger charge is 2.35. The Morgan fingerprint density at radius 3 is 2.50 bits per heavy atom. The van der Waals surface area contributed by atoms with Crippen molar-refractivity contribution in [1.82, 2.24) is 9.80 Å². The zero-order valence-corrected chi connectivity index (χ0v) is 19.4. The van der Waals surface area contributed by atoms with Gasteiger partial charge in [-0.1, -0.05) is 30.3 Å². The maximum absolute atomic E-state index is 13.3. The van der Waals surface area contributed by atoms with E-state index in [1.165, 1.54) is 22.6 Å². The molecule has 0 aliphatic carbocycles. The van der Waals surface area contributed by atoms with Crippen LogP contribution in [0, 0.1) is 11.7 Å². The van der Waals surface area contributed by atoms with Gasteiger partial charge in [-0.05, 0) is 52.8 Å². The molecule has 168 valence electrons. The van der Waals surface area contributed by atoms with Crippen molar-refractivity contribution >= 4 is 17.2 Å². The Kier molecular flexibility index (Phi) is 7.22. The summed E-state index contributed by atoms with van der Waals surface area (Å²) in [5, 5.41) is 2.12. The van der Waals surface area contributed by atoms with E-state index in [9.17, 15) is 9.18 Å². The Morgan fingerprint density at radius 2 is 1.88 bits per heavy atom. The summed E-state index contributed by atoms with van der Waals surface area (Å²) in [6, 6.07) is 19.0. The number of rotatable bonds is 8. The highest BCUT2D eigenvalue weighted by atomic mass is 32.1. The summed E-state index contributed by atoms with van der Waals surface area (Å²) in [6.45, 7) is 5.60. The summed E-state index contributed by atoms with van der Waals surface area (Å²) < 4.78 is 18.6. The molecule has 6 heteroatoms. The van der Waals surface area contributed by atoms with Crippen LogP contribution in [0.25, 0.3) is 0 Å². The molecule has 1 aliphatic rings. The molecule has 3 aromatic rings. The van der Waals surface area contributed by atoms with E-state index in [1.54, 1.807) is 37.5 Å². The van der Waals surface area contributed by atoms with Crippen LogP contribution in [0.15, 0.2) is 66.0 Å². The number of hydrogen-bond donors (Lipinski definition) is 0. The Bertz CT molecular complexity index is 1010. The highest BCUT2D eigenvalue weighted by molar-refractivity contribution is 7.09. The number of likely N-dealkylation sites (tertiary alicyclic amines) is 1. The first kappa shape index (κ1) is 22.5. The fourth-order valence-electron chi connectivity index (χ4n) is 4.52. The van der Waals surface area contributed by atoms with Crippen LogP contribution in [0.3, 0.4) is 0 Å². The third-order valence-electron chi connectivity index (χ3n) is 6.21. The minimum atomic E-state index is -0.261. The predicted octanol–water partition coefficient (Wildman–Crippen LogP) is 5.16. The average molecular weight is 453 g/mol. The Hall–Kier alpha value is -2.70. The van der Waals surface area contributed by atoms with E-state index in [0.717, 1.165) is 30.9 Å². The van der Waals surface area contributed by atoms with Gasteiger partial charge >= 0.3 is 0 Å². The normalized spacial score (nSPS) is 18.6. The summed E-state index contributed by atoms with van der Waals surface area (Å²) in [5.41, 5.74) is 2.21. The van der Waals surface area contributed by atoms with Crippen molar-refractivity contribution in [2.45, 2.75) is 25.9 Å². The number of benzene rings is 2. The second-order valence-electron chi connectivity index (χ2n) is 8.44. The lowest BCUT2D eigenvalue weighted by Crippen LogP contribution is -2.35. The van der Waals surface area contributed by atoms with Gasteiger partial charge in [-0.3, -0.25) is 9.69 Å². The lowest BCUT2D eigenvalue weighted by Gasteiger charge is -2.28. The molecule has 0 saturated carbocycles. The third kappa shape index (κ3) is 5.56. The number of ether oxygens (including phenoxy) is 1. The molecule has 2 atom stereocenters. The van der Waals surface area contributed by atoms with Crippen LogP contribution >= 0.6 is 11.3 Å². The number of methoxy groups -OCH3 is 1.